The second-order valence-electron chi connectivity index (χ2n) is 10.3. The van der Waals surface area contributed by atoms with Gasteiger partial charge in [0.15, 0.2) is 0 Å². The maximum atomic E-state index is 13.7. The molecule has 0 aliphatic carbocycles. The number of ether oxygens (including phenoxy) is 2. The van der Waals surface area contributed by atoms with Crippen molar-refractivity contribution in [3.05, 3.63) is 142 Å². The molecule has 44 heavy (non-hydrogen) atoms. The lowest BCUT2D eigenvalue weighted by Crippen LogP contribution is -2.54. The highest BCUT2D eigenvalue weighted by molar-refractivity contribution is 6.39. The maximum absolute atomic E-state index is 13.7. The number of fused-ring (bicyclic) bond motifs is 1. The van der Waals surface area contributed by atoms with E-state index < -0.39 is 17.8 Å². The van der Waals surface area contributed by atoms with E-state index in [-0.39, 0.29) is 5.57 Å². The highest BCUT2D eigenvalue weighted by atomic mass is 35.5. The summed E-state index contributed by atoms with van der Waals surface area (Å²) in [5, 5.41) is 4.65. The molecular weight excluding hydrogens is 576 g/mol. The zero-order valence-corrected chi connectivity index (χ0v) is 24.5. The van der Waals surface area contributed by atoms with Crippen molar-refractivity contribution in [2.24, 2.45) is 0 Å². The van der Waals surface area contributed by atoms with Gasteiger partial charge >= 0.3 is 6.03 Å². The molecule has 218 valence electrons. The fourth-order valence-corrected chi connectivity index (χ4v) is 5.11. The highest BCUT2D eigenvalue weighted by Crippen LogP contribution is 2.33. The molecule has 1 aliphatic rings. The number of hydrogen-bond donors (Lipinski definition) is 1. The third kappa shape index (κ3) is 6.19. The van der Waals surface area contributed by atoms with Crippen molar-refractivity contribution in [1.82, 2.24) is 5.32 Å². The molecule has 1 heterocycles. The van der Waals surface area contributed by atoms with Gasteiger partial charge in [-0.3, -0.25) is 14.9 Å². The van der Waals surface area contributed by atoms with Crippen LogP contribution in [-0.2, 0) is 22.8 Å². The Hall–Kier alpha value is -5.40. The number of aryl methyl sites for hydroxylation is 1. The first kappa shape index (κ1) is 28.7. The number of nitrogens with one attached hydrogen (secondary N) is 1. The van der Waals surface area contributed by atoms with E-state index in [4.69, 9.17) is 21.1 Å². The van der Waals surface area contributed by atoms with Gasteiger partial charge in [0.2, 0.25) is 0 Å². The number of carbonyl (C=O) groups is 3. The predicted octanol–water partition coefficient (Wildman–Crippen LogP) is 7.63. The molecule has 1 aliphatic heterocycles. The Morgan fingerprint density at radius 3 is 2.30 bits per heavy atom. The van der Waals surface area contributed by atoms with Crippen LogP contribution < -0.4 is 19.7 Å². The Bertz CT molecular complexity index is 1920. The van der Waals surface area contributed by atoms with Crippen molar-refractivity contribution < 1.29 is 23.9 Å². The molecule has 8 heteroatoms. The van der Waals surface area contributed by atoms with Gasteiger partial charge in [0.25, 0.3) is 11.8 Å². The third-order valence-electron chi connectivity index (χ3n) is 7.21. The molecule has 0 bridgehead atoms. The van der Waals surface area contributed by atoms with Crippen LogP contribution in [0.4, 0.5) is 10.5 Å². The van der Waals surface area contributed by atoms with Gasteiger partial charge in [0, 0.05) is 10.6 Å². The number of urea groups is 1. The second-order valence-corrected chi connectivity index (χ2v) is 10.8. The Morgan fingerprint density at radius 2 is 1.52 bits per heavy atom. The van der Waals surface area contributed by atoms with E-state index in [9.17, 15) is 14.4 Å². The topological polar surface area (TPSA) is 84.9 Å². The molecule has 0 aromatic heterocycles. The lowest BCUT2D eigenvalue weighted by molar-refractivity contribution is -0.122. The predicted molar refractivity (Wildman–Crippen MR) is 171 cm³/mol. The number of imide groups is 2. The first-order valence-corrected chi connectivity index (χ1v) is 14.3. The van der Waals surface area contributed by atoms with Crippen LogP contribution in [0.5, 0.6) is 11.5 Å². The van der Waals surface area contributed by atoms with Crippen molar-refractivity contribution in [3.63, 3.8) is 0 Å². The first-order chi connectivity index (χ1) is 21.4. The van der Waals surface area contributed by atoms with Crippen LogP contribution in [0.25, 0.3) is 16.8 Å². The lowest BCUT2D eigenvalue weighted by Gasteiger charge is -2.26. The Balaban J connectivity index is 1.29. The molecule has 0 saturated carbocycles. The van der Waals surface area contributed by atoms with Crippen molar-refractivity contribution in [3.8, 4) is 11.5 Å². The average Bonchev–Trinajstić information content (AvgIpc) is 3.02. The summed E-state index contributed by atoms with van der Waals surface area (Å²) >= 11 is 5.95. The van der Waals surface area contributed by atoms with Crippen LogP contribution in [0, 0.1) is 6.92 Å². The molecule has 1 fully saturated rings. The van der Waals surface area contributed by atoms with E-state index in [1.807, 2.05) is 79.7 Å². The van der Waals surface area contributed by atoms with Gasteiger partial charge in [-0.1, -0.05) is 83.9 Å². The van der Waals surface area contributed by atoms with Gasteiger partial charge in [0.1, 0.15) is 30.3 Å². The lowest BCUT2D eigenvalue weighted by atomic mass is 9.99. The molecule has 6 rings (SSSR count). The highest BCUT2D eigenvalue weighted by Gasteiger charge is 2.37. The van der Waals surface area contributed by atoms with Crippen molar-refractivity contribution in [2.75, 3.05) is 4.90 Å². The SMILES string of the molecule is Cc1cccc(COc2ccc3ccccc3c2/C=C2\C(=O)NC(=O)N(c3ccc(OCc4ccc(Cl)cc4)cc3)C2=O)c1. The summed E-state index contributed by atoms with van der Waals surface area (Å²) in [4.78, 5) is 40.6. The number of barbiturate groups is 1. The fourth-order valence-electron chi connectivity index (χ4n) is 4.99. The number of hydrogen-bond acceptors (Lipinski definition) is 5. The second kappa shape index (κ2) is 12.5. The molecule has 0 spiro atoms. The average molecular weight is 603 g/mol. The summed E-state index contributed by atoms with van der Waals surface area (Å²) < 4.78 is 12.1. The Kier molecular flexibility index (Phi) is 8.12. The molecule has 1 saturated heterocycles. The molecule has 0 atom stereocenters. The van der Waals surface area contributed by atoms with Gasteiger partial charge in [-0.2, -0.15) is 0 Å². The van der Waals surface area contributed by atoms with Crippen LogP contribution >= 0.6 is 11.6 Å². The van der Waals surface area contributed by atoms with E-state index in [0.717, 1.165) is 32.4 Å². The molecule has 5 aromatic carbocycles. The van der Waals surface area contributed by atoms with E-state index in [1.54, 1.807) is 36.4 Å². The van der Waals surface area contributed by atoms with Gasteiger partial charge in [-0.25, -0.2) is 9.69 Å². The number of amides is 4. The number of nitrogens with zero attached hydrogens (tertiary/aromatic N) is 1. The summed E-state index contributed by atoms with van der Waals surface area (Å²) in [5.74, 6) is -0.474. The molecule has 0 unspecified atom stereocenters. The number of anilines is 1. The van der Waals surface area contributed by atoms with E-state index in [1.165, 1.54) is 6.08 Å². The zero-order chi connectivity index (χ0) is 30.6. The number of benzene rings is 5. The first-order valence-electron chi connectivity index (χ1n) is 13.9. The number of carbonyl (C=O) groups excluding carboxylic acids is 3. The van der Waals surface area contributed by atoms with Gasteiger partial charge < -0.3 is 9.47 Å². The molecule has 4 amide bonds. The minimum Gasteiger partial charge on any atom is -0.489 e. The third-order valence-corrected chi connectivity index (χ3v) is 7.46. The van der Waals surface area contributed by atoms with Crippen LogP contribution in [0.1, 0.15) is 22.3 Å². The minimum absolute atomic E-state index is 0.190. The summed E-state index contributed by atoms with van der Waals surface area (Å²) in [6, 6.07) is 32.4. The van der Waals surface area contributed by atoms with E-state index >= 15 is 0 Å². The Morgan fingerprint density at radius 1 is 0.773 bits per heavy atom. The molecule has 1 N–H and O–H groups in total. The molecule has 5 aromatic rings. The van der Waals surface area contributed by atoms with Gasteiger partial charge in [-0.15, -0.1) is 0 Å². The van der Waals surface area contributed by atoms with Crippen molar-refractivity contribution in [2.45, 2.75) is 20.1 Å². The van der Waals surface area contributed by atoms with Crippen LogP contribution in [0.2, 0.25) is 5.02 Å². The minimum atomic E-state index is -0.833. The van der Waals surface area contributed by atoms with Crippen LogP contribution in [-0.4, -0.2) is 17.8 Å². The molecule has 7 nitrogen and oxygen atoms in total. The normalized spacial score (nSPS) is 14.2. The van der Waals surface area contributed by atoms with Gasteiger partial charge in [-0.05, 0) is 77.4 Å². The van der Waals surface area contributed by atoms with Crippen molar-refractivity contribution >= 4 is 52.0 Å². The summed E-state index contributed by atoms with van der Waals surface area (Å²) in [5.41, 5.74) is 3.70. The Labute approximate surface area is 259 Å². The monoisotopic (exact) mass is 602 g/mol. The number of halogens is 1. The summed E-state index contributed by atoms with van der Waals surface area (Å²) in [6.45, 7) is 2.63. The smallest absolute Gasteiger partial charge is 0.335 e. The van der Waals surface area contributed by atoms with Crippen LogP contribution in [0.3, 0.4) is 0 Å². The maximum Gasteiger partial charge on any atom is 0.335 e. The van der Waals surface area contributed by atoms with E-state index in [2.05, 4.69) is 5.32 Å². The number of rotatable bonds is 8. The zero-order valence-electron chi connectivity index (χ0n) is 23.8. The molecule has 0 radical (unpaired) electrons. The standard InChI is InChI=1S/C36H27ClN2O5/c1-23-5-4-6-25(19-23)22-44-33-18-11-26-7-2-3-8-30(26)31(33)20-32-34(40)38-36(42)39(35(32)41)28-14-16-29(17-15-28)43-21-24-9-12-27(37)13-10-24/h2-20H,21-22H2,1H3,(H,38,40,42)/b32-20+. The quantitative estimate of drug-likeness (QED) is 0.146. The van der Waals surface area contributed by atoms with Crippen LogP contribution in [0.15, 0.2) is 115 Å². The fraction of sp³-hybridized carbons (Fsp3) is 0.0833. The molecular formula is C36H27ClN2O5. The van der Waals surface area contributed by atoms with Gasteiger partial charge in [0.05, 0.1) is 5.69 Å². The summed E-state index contributed by atoms with van der Waals surface area (Å²) in [6.07, 6.45) is 1.49. The van der Waals surface area contributed by atoms with Crippen molar-refractivity contribution in [1.29, 1.82) is 0 Å². The largest absolute Gasteiger partial charge is 0.489 e. The summed E-state index contributed by atoms with van der Waals surface area (Å²) in [7, 11) is 0. The van der Waals surface area contributed by atoms with E-state index in [0.29, 0.717) is 41.0 Å².